The van der Waals surface area contributed by atoms with Gasteiger partial charge in [-0.05, 0) is 37.3 Å². The maximum atomic E-state index is 13.7. The molecule has 0 fully saturated rings. The zero-order chi connectivity index (χ0) is 15.7. The van der Waals surface area contributed by atoms with Crippen molar-refractivity contribution in [2.24, 2.45) is 0 Å². The number of aryl methyl sites for hydroxylation is 1. The lowest BCUT2D eigenvalue weighted by molar-refractivity contribution is 0.0702. The highest BCUT2D eigenvalue weighted by atomic mass is 19.1. The number of hydrogen-bond donors (Lipinski definition) is 0. The number of halogens is 1. The Labute approximate surface area is 125 Å². The lowest BCUT2D eigenvalue weighted by Gasteiger charge is -2.02. The summed E-state index contributed by atoms with van der Waals surface area (Å²) in [7, 11) is 0. The van der Waals surface area contributed by atoms with Crippen LogP contribution in [0.4, 0.5) is 4.39 Å². The van der Waals surface area contributed by atoms with E-state index >= 15 is 0 Å². The van der Waals surface area contributed by atoms with Crippen LogP contribution in [-0.2, 0) is 0 Å². The van der Waals surface area contributed by atoms with Crippen LogP contribution in [0.3, 0.4) is 0 Å². The maximum absolute atomic E-state index is 13.7. The van der Waals surface area contributed by atoms with Crippen molar-refractivity contribution in [3.05, 3.63) is 65.2 Å². The van der Waals surface area contributed by atoms with Crippen molar-refractivity contribution in [2.75, 3.05) is 0 Å². The van der Waals surface area contributed by atoms with E-state index in [9.17, 15) is 9.18 Å². The summed E-state index contributed by atoms with van der Waals surface area (Å²) in [6, 6.07) is 12.6. The smallest absolute Gasteiger partial charge is 0.379 e. The van der Waals surface area contributed by atoms with Gasteiger partial charge in [-0.2, -0.15) is 5.26 Å². The number of hydrogen-bond acceptors (Lipinski definition) is 4. The molecule has 0 saturated carbocycles. The molecule has 0 amide bonds. The summed E-state index contributed by atoms with van der Waals surface area (Å²) in [4.78, 5) is 12.2. The van der Waals surface area contributed by atoms with E-state index < -0.39 is 11.8 Å². The van der Waals surface area contributed by atoms with Gasteiger partial charge < -0.3 is 9.15 Å². The molecule has 2 aromatic carbocycles. The van der Waals surface area contributed by atoms with Crippen LogP contribution in [0.2, 0.25) is 0 Å². The molecule has 0 unspecified atom stereocenters. The topological polar surface area (TPSA) is 63.2 Å². The Hall–Kier alpha value is -3.13. The van der Waals surface area contributed by atoms with Crippen molar-refractivity contribution in [1.29, 1.82) is 5.26 Å². The number of rotatable bonds is 2. The Kier molecular flexibility index (Phi) is 3.36. The SMILES string of the molecule is Cc1c(C(=O)Oc2ccc(C#N)cc2)oc2c(F)cccc12. The van der Waals surface area contributed by atoms with E-state index in [1.807, 2.05) is 6.07 Å². The Morgan fingerprint density at radius 3 is 2.59 bits per heavy atom. The first-order chi connectivity index (χ1) is 10.6. The minimum Gasteiger partial charge on any atom is -0.446 e. The molecule has 1 heterocycles. The lowest BCUT2D eigenvalue weighted by atomic mass is 10.1. The number of nitrogens with zero attached hydrogens (tertiary/aromatic N) is 1. The van der Waals surface area contributed by atoms with Gasteiger partial charge in [0.2, 0.25) is 5.76 Å². The predicted octanol–water partition coefficient (Wildman–Crippen LogP) is 3.97. The average molecular weight is 295 g/mol. The van der Waals surface area contributed by atoms with E-state index in [0.717, 1.165) is 0 Å². The van der Waals surface area contributed by atoms with E-state index in [1.54, 1.807) is 19.1 Å². The number of para-hydroxylation sites is 1. The second-order valence-electron chi connectivity index (χ2n) is 4.70. The molecule has 0 spiro atoms. The van der Waals surface area contributed by atoms with Gasteiger partial charge in [0.1, 0.15) is 5.75 Å². The van der Waals surface area contributed by atoms with Crippen LogP contribution in [0.1, 0.15) is 21.7 Å². The lowest BCUT2D eigenvalue weighted by Crippen LogP contribution is -2.08. The van der Waals surface area contributed by atoms with Crippen LogP contribution in [-0.4, -0.2) is 5.97 Å². The van der Waals surface area contributed by atoms with Gasteiger partial charge in [-0.3, -0.25) is 0 Å². The Morgan fingerprint density at radius 1 is 1.23 bits per heavy atom. The van der Waals surface area contributed by atoms with Crippen molar-refractivity contribution in [1.82, 2.24) is 0 Å². The molecule has 4 nitrogen and oxygen atoms in total. The number of ether oxygens (including phenoxy) is 1. The fourth-order valence-electron chi connectivity index (χ4n) is 2.15. The monoisotopic (exact) mass is 295 g/mol. The van der Waals surface area contributed by atoms with E-state index in [0.29, 0.717) is 16.5 Å². The van der Waals surface area contributed by atoms with Crippen LogP contribution in [0.5, 0.6) is 5.75 Å². The summed E-state index contributed by atoms with van der Waals surface area (Å²) in [5.74, 6) is -0.996. The van der Waals surface area contributed by atoms with Gasteiger partial charge in [0.15, 0.2) is 11.4 Å². The molecule has 1 aromatic heterocycles. The predicted molar refractivity (Wildman–Crippen MR) is 77.0 cm³/mol. The molecule has 0 aliphatic rings. The van der Waals surface area contributed by atoms with Crippen molar-refractivity contribution < 1.29 is 18.3 Å². The molecule has 0 radical (unpaired) electrons. The van der Waals surface area contributed by atoms with Gasteiger partial charge >= 0.3 is 5.97 Å². The van der Waals surface area contributed by atoms with Gasteiger partial charge in [-0.25, -0.2) is 9.18 Å². The first kappa shape index (κ1) is 13.8. The number of esters is 1. The molecule has 5 heteroatoms. The molecule has 108 valence electrons. The summed E-state index contributed by atoms with van der Waals surface area (Å²) < 4.78 is 24.2. The summed E-state index contributed by atoms with van der Waals surface area (Å²) in [6.07, 6.45) is 0. The molecule has 0 saturated heterocycles. The van der Waals surface area contributed by atoms with Crippen molar-refractivity contribution in [3.8, 4) is 11.8 Å². The molecule has 0 atom stereocenters. The third kappa shape index (κ3) is 2.31. The van der Waals surface area contributed by atoms with Gasteiger partial charge in [-0.15, -0.1) is 0 Å². The third-order valence-corrected chi connectivity index (χ3v) is 3.30. The Morgan fingerprint density at radius 2 is 1.95 bits per heavy atom. The second kappa shape index (κ2) is 5.34. The number of carbonyl (C=O) groups excluding carboxylic acids is 1. The highest BCUT2D eigenvalue weighted by Gasteiger charge is 2.21. The van der Waals surface area contributed by atoms with E-state index in [4.69, 9.17) is 14.4 Å². The minimum absolute atomic E-state index is 0.0341. The molecule has 0 bridgehead atoms. The summed E-state index contributed by atoms with van der Waals surface area (Å²) >= 11 is 0. The van der Waals surface area contributed by atoms with Crippen LogP contribution >= 0.6 is 0 Å². The Bertz CT molecular complexity index is 904. The summed E-state index contributed by atoms with van der Waals surface area (Å²) in [5.41, 5.74) is 1.02. The number of nitriles is 1. The normalized spacial score (nSPS) is 10.4. The molecule has 0 aliphatic carbocycles. The number of fused-ring (bicyclic) bond motifs is 1. The Balaban J connectivity index is 1.93. The molecule has 22 heavy (non-hydrogen) atoms. The second-order valence-corrected chi connectivity index (χ2v) is 4.70. The van der Waals surface area contributed by atoms with Crippen molar-refractivity contribution in [3.63, 3.8) is 0 Å². The first-order valence-electron chi connectivity index (χ1n) is 6.50. The third-order valence-electron chi connectivity index (χ3n) is 3.30. The maximum Gasteiger partial charge on any atom is 0.379 e. The zero-order valence-corrected chi connectivity index (χ0v) is 11.6. The molecule has 3 aromatic rings. The van der Waals surface area contributed by atoms with Gasteiger partial charge in [0.05, 0.1) is 11.6 Å². The molecule has 3 rings (SSSR count). The van der Waals surface area contributed by atoms with Crippen molar-refractivity contribution in [2.45, 2.75) is 6.92 Å². The van der Waals surface area contributed by atoms with Gasteiger partial charge in [0, 0.05) is 10.9 Å². The number of benzene rings is 2. The van der Waals surface area contributed by atoms with Crippen LogP contribution in [0, 0.1) is 24.1 Å². The highest BCUT2D eigenvalue weighted by molar-refractivity contribution is 5.96. The fraction of sp³-hybridized carbons (Fsp3) is 0.0588. The van der Waals surface area contributed by atoms with Crippen LogP contribution in [0.15, 0.2) is 46.9 Å². The van der Waals surface area contributed by atoms with E-state index in [2.05, 4.69) is 0 Å². The van der Waals surface area contributed by atoms with E-state index in [-0.39, 0.29) is 17.1 Å². The largest absolute Gasteiger partial charge is 0.446 e. The summed E-state index contributed by atoms with van der Waals surface area (Å²) in [6.45, 7) is 1.67. The summed E-state index contributed by atoms with van der Waals surface area (Å²) in [5, 5.41) is 9.26. The number of carbonyl (C=O) groups is 1. The van der Waals surface area contributed by atoms with E-state index in [1.165, 1.54) is 30.3 Å². The van der Waals surface area contributed by atoms with Crippen molar-refractivity contribution >= 4 is 16.9 Å². The average Bonchev–Trinajstić information content (AvgIpc) is 2.87. The van der Waals surface area contributed by atoms with Crippen LogP contribution < -0.4 is 4.74 Å². The van der Waals surface area contributed by atoms with Gasteiger partial charge in [0.25, 0.3) is 0 Å². The first-order valence-corrected chi connectivity index (χ1v) is 6.50. The molecular weight excluding hydrogens is 285 g/mol. The highest BCUT2D eigenvalue weighted by Crippen LogP contribution is 2.28. The molecule has 0 aliphatic heterocycles. The van der Waals surface area contributed by atoms with Crippen LogP contribution in [0.25, 0.3) is 11.0 Å². The quantitative estimate of drug-likeness (QED) is 0.530. The standard InChI is InChI=1S/C17H10FNO3/c1-10-13-3-2-4-14(18)16(13)22-15(10)17(20)21-12-7-5-11(9-19)6-8-12/h2-8H,1H3. The molecule has 0 N–H and O–H groups in total. The zero-order valence-electron chi connectivity index (χ0n) is 11.6. The molecular formula is C17H10FNO3. The minimum atomic E-state index is -0.710. The van der Waals surface area contributed by atoms with Gasteiger partial charge in [-0.1, -0.05) is 12.1 Å². The fourth-order valence-corrected chi connectivity index (χ4v) is 2.15. The number of furan rings is 1.